The van der Waals surface area contributed by atoms with Crippen molar-refractivity contribution >= 4 is 33.2 Å². The van der Waals surface area contributed by atoms with Crippen molar-refractivity contribution in [2.45, 2.75) is 30.8 Å². The van der Waals surface area contributed by atoms with Gasteiger partial charge in [0.1, 0.15) is 4.90 Å². The van der Waals surface area contributed by atoms with Crippen molar-refractivity contribution in [3.8, 4) is 0 Å². The quantitative estimate of drug-likeness (QED) is 0.752. The molecule has 0 fully saturated rings. The number of rotatable bonds is 8. The van der Waals surface area contributed by atoms with E-state index < -0.39 is 10.0 Å². The van der Waals surface area contributed by atoms with Crippen molar-refractivity contribution in [1.29, 1.82) is 0 Å². The zero-order valence-electron chi connectivity index (χ0n) is 12.2. The van der Waals surface area contributed by atoms with Gasteiger partial charge in [0.15, 0.2) is 0 Å². The molecule has 0 spiro atoms. The van der Waals surface area contributed by atoms with Gasteiger partial charge in [0.2, 0.25) is 10.0 Å². The number of ether oxygens (including phenoxy) is 1. The number of halogens is 2. The monoisotopic (exact) mass is 354 g/mol. The van der Waals surface area contributed by atoms with Crippen LogP contribution >= 0.6 is 23.2 Å². The molecule has 0 aliphatic rings. The third-order valence-electron chi connectivity index (χ3n) is 2.94. The molecule has 0 aromatic heterocycles. The molecule has 1 aromatic carbocycles. The molecular formula is C13H20Cl2N2O3S. The molecule has 0 saturated carbocycles. The standard InChI is InChI=1S/C13H20Cl2N2O3S/c1-4-10(8-20-3)17-21(18,19)13-5-9(7-16-2)11(14)6-12(13)15/h5-6,10,16-17H,4,7-8H2,1-3H3. The third-order valence-corrected chi connectivity index (χ3v) is 5.28. The molecule has 1 atom stereocenters. The van der Waals surface area contributed by atoms with Crippen LogP contribution in [-0.2, 0) is 21.3 Å². The summed E-state index contributed by atoms with van der Waals surface area (Å²) in [7, 11) is -0.452. The summed E-state index contributed by atoms with van der Waals surface area (Å²) >= 11 is 12.1. The van der Waals surface area contributed by atoms with Crippen molar-refractivity contribution in [3.05, 3.63) is 27.7 Å². The van der Waals surface area contributed by atoms with E-state index in [0.29, 0.717) is 30.2 Å². The number of sulfonamides is 1. The van der Waals surface area contributed by atoms with Crippen LogP contribution in [-0.4, -0.2) is 35.2 Å². The van der Waals surface area contributed by atoms with Crippen LogP contribution in [0.4, 0.5) is 0 Å². The van der Waals surface area contributed by atoms with Crippen molar-refractivity contribution in [3.63, 3.8) is 0 Å². The summed E-state index contributed by atoms with van der Waals surface area (Å²) in [6.45, 7) is 2.63. The van der Waals surface area contributed by atoms with E-state index in [-0.39, 0.29) is 16.0 Å². The van der Waals surface area contributed by atoms with Crippen LogP contribution in [0, 0.1) is 0 Å². The van der Waals surface area contributed by atoms with Gasteiger partial charge in [-0.05, 0) is 31.2 Å². The van der Waals surface area contributed by atoms with E-state index in [1.807, 2.05) is 6.92 Å². The van der Waals surface area contributed by atoms with E-state index in [1.54, 1.807) is 7.05 Å². The molecule has 1 rings (SSSR count). The molecule has 8 heteroatoms. The SMILES string of the molecule is CCC(COC)NS(=O)(=O)c1cc(CNC)c(Cl)cc1Cl. The van der Waals surface area contributed by atoms with Gasteiger partial charge in [0.25, 0.3) is 0 Å². The average Bonchev–Trinajstić information content (AvgIpc) is 2.41. The molecule has 5 nitrogen and oxygen atoms in total. The minimum atomic E-state index is -3.73. The lowest BCUT2D eigenvalue weighted by atomic mass is 10.2. The van der Waals surface area contributed by atoms with Crippen molar-refractivity contribution in [2.24, 2.45) is 0 Å². The van der Waals surface area contributed by atoms with Crippen molar-refractivity contribution in [2.75, 3.05) is 20.8 Å². The third kappa shape index (κ3) is 5.09. The normalized spacial score (nSPS) is 13.4. The lowest BCUT2D eigenvalue weighted by Gasteiger charge is -2.17. The van der Waals surface area contributed by atoms with Crippen LogP contribution in [0.2, 0.25) is 10.0 Å². The van der Waals surface area contributed by atoms with Crippen LogP contribution in [0.5, 0.6) is 0 Å². The number of methoxy groups -OCH3 is 1. The molecule has 0 aliphatic heterocycles. The predicted octanol–water partition coefficient (Wildman–Crippen LogP) is 2.42. The summed E-state index contributed by atoms with van der Waals surface area (Å²) in [6.07, 6.45) is 0.613. The Hall–Kier alpha value is -0.370. The Balaban J connectivity index is 3.15. The number of benzene rings is 1. The molecule has 0 amide bonds. The Morgan fingerprint density at radius 2 is 1.95 bits per heavy atom. The molecule has 0 saturated heterocycles. The molecule has 0 radical (unpaired) electrons. The van der Waals surface area contributed by atoms with Crippen molar-refractivity contribution in [1.82, 2.24) is 10.0 Å². The number of hydrogen-bond donors (Lipinski definition) is 2. The van der Waals surface area contributed by atoms with Gasteiger partial charge in [0.05, 0.1) is 11.6 Å². The maximum Gasteiger partial charge on any atom is 0.242 e. The first-order chi connectivity index (χ1) is 9.85. The summed E-state index contributed by atoms with van der Waals surface area (Å²) in [5.74, 6) is 0. The van der Waals surface area contributed by atoms with Gasteiger partial charge in [-0.15, -0.1) is 0 Å². The van der Waals surface area contributed by atoms with Gasteiger partial charge >= 0.3 is 0 Å². The van der Waals surface area contributed by atoms with Crippen LogP contribution in [0.25, 0.3) is 0 Å². The zero-order valence-corrected chi connectivity index (χ0v) is 14.6. The molecule has 0 aliphatic carbocycles. The number of hydrogen-bond acceptors (Lipinski definition) is 4. The summed E-state index contributed by atoms with van der Waals surface area (Å²) in [5, 5.41) is 3.46. The topological polar surface area (TPSA) is 67.4 Å². The second-order valence-electron chi connectivity index (χ2n) is 4.59. The molecule has 0 bridgehead atoms. The van der Waals surface area contributed by atoms with E-state index in [4.69, 9.17) is 27.9 Å². The summed E-state index contributed by atoms with van der Waals surface area (Å²) in [4.78, 5) is 0.0216. The van der Waals surface area contributed by atoms with E-state index in [2.05, 4.69) is 10.0 Å². The fourth-order valence-electron chi connectivity index (χ4n) is 1.82. The van der Waals surface area contributed by atoms with Gasteiger partial charge in [-0.3, -0.25) is 0 Å². The Bertz CT molecular complexity index is 579. The first kappa shape index (κ1) is 18.7. The highest BCUT2D eigenvalue weighted by molar-refractivity contribution is 7.89. The first-order valence-electron chi connectivity index (χ1n) is 6.49. The van der Waals surface area contributed by atoms with Gasteiger partial charge in [-0.2, -0.15) is 0 Å². The van der Waals surface area contributed by atoms with Crippen LogP contribution in [0.3, 0.4) is 0 Å². The van der Waals surface area contributed by atoms with E-state index in [0.717, 1.165) is 0 Å². The zero-order chi connectivity index (χ0) is 16.0. The molecular weight excluding hydrogens is 335 g/mol. The van der Waals surface area contributed by atoms with E-state index in [1.165, 1.54) is 19.2 Å². The van der Waals surface area contributed by atoms with Gasteiger partial charge < -0.3 is 10.1 Å². The summed E-state index contributed by atoms with van der Waals surface area (Å²) < 4.78 is 32.5. The van der Waals surface area contributed by atoms with Gasteiger partial charge in [0, 0.05) is 24.7 Å². The van der Waals surface area contributed by atoms with Crippen LogP contribution in [0.1, 0.15) is 18.9 Å². The molecule has 1 aromatic rings. The highest BCUT2D eigenvalue weighted by Gasteiger charge is 2.23. The smallest absolute Gasteiger partial charge is 0.242 e. The van der Waals surface area contributed by atoms with Crippen molar-refractivity contribution < 1.29 is 13.2 Å². The summed E-state index contributed by atoms with van der Waals surface area (Å²) in [5.41, 5.74) is 0.670. The minimum Gasteiger partial charge on any atom is -0.383 e. The van der Waals surface area contributed by atoms with E-state index in [9.17, 15) is 8.42 Å². The maximum atomic E-state index is 12.5. The molecule has 2 N–H and O–H groups in total. The van der Waals surface area contributed by atoms with Gasteiger partial charge in [-0.1, -0.05) is 30.1 Å². The second-order valence-corrected chi connectivity index (χ2v) is 7.08. The lowest BCUT2D eigenvalue weighted by Crippen LogP contribution is -2.37. The Labute approximate surface area is 136 Å². The first-order valence-corrected chi connectivity index (χ1v) is 8.73. The average molecular weight is 355 g/mol. The summed E-state index contributed by atoms with van der Waals surface area (Å²) in [6, 6.07) is 2.63. The lowest BCUT2D eigenvalue weighted by molar-refractivity contribution is 0.173. The largest absolute Gasteiger partial charge is 0.383 e. The minimum absolute atomic E-state index is 0.0216. The fourth-order valence-corrected chi connectivity index (χ4v) is 3.99. The molecule has 1 unspecified atom stereocenters. The van der Waals surface area contributed by atoms with Gasteiger partial charge in [-0.25, -0.2) is 13.1 Å². The molecule has 21 heavy (non-hydrogen) atoms. The van der Waals surface area contributed by atoms with E-state index >= 15 is 0 Å². The van der Waals surface area contributed by atoms with Crippen LogP contribution in [0.15, 0.2) is 17.0 Å². The highest BCUT2D eigenvalue weighted by atomic mass is 35.5. The molecule has 0 heterocycles. The second kappa shape index (κ2) is 8.31. The Kier molecular flexibility index (Phi) is 7.39. The fraction of sp³-hybridized carbons (Fsp3) is 0.538. The number of nitrogens with one attached hydrogen (secondary N) is 2. The maximum absolute atomic E-state index is 12.5. The van der Waals surface area contributed by atoms with Crippen LogP contribution < -0.4 is 10.0 Å². The predicted molar refractivity (Wildman–Crippen MR) is 85.5 cm³/mol. The Morgan fingerprint density at radius 1 is 1.29 bits per heavy atom. The highest BCUT2D eigenvalue weighted by Crippen LogP contribution is 2.28. The molecule has 120 valence electrons. The Morgan fingerprint density at radius 3 is 2.48 bits per heavy atom.